The van der Waals surface area contributed by atoms with Crippen LogP contribution in [0.4, 0.5) is 11.9 Å². The van der Waals surface area contributed by atoms with E-state index in [1.54, 1.807) is 7.11 Å². The number of hydrogen-bond donors (Lipinski definition) is 1. The van der Waals surface area contributed by atoms with Gasteiger partial charge < -0.3 is 24.6 Å². The highest BCUT2D eigenvalue weighted by Crippen LogP contribution is 2.15. The molecule has 9 heteroatoms. The maximum atomic E-state index is 12.3. The summed E-state index contributed by atoms with van der Waals surface area (Å²) in [6.45, 7) is 3.05. The summed E-state index contributed by atoms with van der Waals surface area (Å²) in [5.74, 6) is 2.50. The first kappa shape index (κ1) is 20.8. The quantitative estimate of drug-likeness (QED) is 0.702. The lowest BCUT2D eigenvalue weighted by Crippen LogP contribution is -2.38. The van der Waals surface area contributed by atoms with Crippen LogP contribution in [0, 0.1) is 0 Å². The van der Waals surface area contributed by atoms with Crippen LogP contribution in [0.1, 0.15) is 17.8 Å². The van der Waals surface area contributed by atoms with Crippen molar-refractivity contribution in [1.29, 1.82) is 0 Å². The average Bonchev–Trinajstić information content (AvgIpc) is 2.77. The molecule has 1 aliphatic rings. The van der Waals surface area contributed by atoms with Gasteiger partial charge in [0.1, 0.15) is 5.75 Å². The van der Waals surface area contributed by atoms with E-state index >= 15 is 0 Å². The van der Waals surface area contributed by atoms with Gasteiger partial charge in [0.25, 0.3) is 0 Å². The molecule has 1 aromatic heterocycles. The number of hydrogen-bond acceptors (Lipinski definition) is 8. The molecular weight excluding hydrogens is 372 g/mol. The van der Waals surface area contributed by atoms with E-state index in [0.29, 0.717) is 43.8 Å². The number of nitrogens with one attached hydrogen (secondary N) is 1. The number of methoxy groups -OCH3 is 1. The molecular formula is C20H28N6O3. The van der Waals surface area contributed by atoms with Crippen molar-refractivity contribution in [3.63, 3.8) is 0 Å². The summed E-state index contributed by atoms with van der Waals surface area (Å²) in [6.07, 6.45) is 1.06. The molecule has 1 aliphatic heterocycles. The van der Waals surface area contributed by atoms with Crippen LogP contribution < -0.4 is 19.9 Å². The Hall–Kier alpha value is -2.94. The van der Waals surface area contributed by atoms with E-state index in [1.807, 2.05) is 43.3 Å². The van der Waals surface area contributed by atoms with Gasteiger partial charge in [-0.2, -0.15) is 15.0 Å². The number of aryl methyl sites for hydroxylation is 1. The number of amides is 1. The van der Waals surface area contributed by atoms with Crippen molar-refractivity contribution in [2.24, 2.45) is 0 Å². The zero-order chi connectivity index (χ0) is 20.6. The third kappa shape index (κ3) is 6.02. The van der Waals surface area contributed by atoms with Crippen LogP contribution in [0.3, 0.4) is 0 Å². The van der Waals surface area contributed by atoms with E-state index in [2.05, 4.69) is 25.2 Å². The molecule has 1 fully saturated rings. The van der Waals surface area contributed by atoms with Crippen LogP contribution in [0.2, 0.25) is 0 Å². The highest BCUT2D eigenvalue weighted by molar-refractivity contribution is 5.76. The van der Waals surface area contributed by atoms with Crippen LogP contribution >= 0.6 is 0 Å². The van der Waals surface area contributed by atoms with Crippen molar-refractivity contribution in [1.82, 2.24) is 20.3 Å². The Labute approximate surface area is 171 Å². The highest BCUT2D eigenvalue weighted by Gasteiger charge is 2.17. The maximum absolute atomic E-state index is 12.3. The number of carbonyl (C=O) groups excluding carboxylic acids is 1. The van der Waals surface area contributed by atoms with Gasteiger partial charge in [-0.05, 0) is 24.1 Å². The monoisotopic (exact) mass is 400 g/mol. The molecule has 1 N–H and O–H groups in total. The van der Waals surface area contributed by atoms with Crippen molar-refractivity contribution >= 4 is 17.8 Å². The highest BCUT2D eigenvalue weighted by atomic mass is 16.5. The van der Waals surface area contributed by atoms with Gasteiger partial charge in [-0.1, -0.05) is 12.1 Å². The number of carbonyl (C=O) groups is 1. The molecule has 0 atom stereocenters. The number of benzene rings is 1. The first-order valence-corrected chi connectivity index (χ1v) is 9.70. The van der Waals surface area contributed by atoms with Crippen molar-refractivity contribution < 1.29 is 14.3 Å². The Morgan fingerprint density at radius 1 is 1.17 bits per heavy atom. The van der Waals surface area contributed by atoms with Gasteiger partial charge in [0, 0.05) is 33.6 Å². The molecule has 9 nitrogen and oxygen atoms in total. The normalized spacial score (nSPS) is 13.8. The minimum Gasteiger partial charge on any atom is -0.497 e. The van der Waals surface area contributed by atoms with Crippen LogP contribution in [0.15, 0.2) is 24.3 Å². The fourth-order valence-corrected chi connectivity index (χ4v) is 2.90. The van der Waals surface area contributed by atoms with E-state index in [9.17, 15) is 4.79 Å². The predicted molar refractivity (Wildman–Crippen MR) is 110 cm³/mol. The second-order valence-corrected chi connectivity index (χ2v) is 6.97. The summed E-state index contributed by atoms with van der Waals surface area (Å²) >= 11 is 0. The minimum atomic E-state index is -0.0412. The van der Waals surface area contributed by atoms with Crippen LogP contribution in [-0.4, -0.2) is 68.4 Å². The zero-order valence-electron chi connectivity index (χ0n) is 17.2. The summed E-state index contributed by atoms with van der Waals surface area (Å²) < 4.78 is 10.5. The fraction of sp³-hybridized carbons (Fsp3) is 0.500. The van der Waals surface area contributed by atoms with E-state index in [-0.39, 0.29) is 12.5 Å². The number of ether oxygens (including phenoxy) is 2. The molecule has 0 radical (unpaired) electrons. The van der Waals surface area contributed by atoms with Crippen molar-refractivity contribution in [2.75, 3.05) is 57.3 Å². The Morgan fingerprint density at radius 2 is 1.90 bits per heavy atom. The van der Waals surface area contributed by atoms with E-state index < -0.39 is 0 Å². The van der Waals surface area contributed by atoms with Crippen LogP contribution in [-0.2, 0) is 22.5 Å². The van der Waals surface area contributed by atoms with Gasteiger partial charge >= 0.3 is 0 Å². The SMILES string of the molecule is COc1ccc(CCC(=O)NCc2nc(N(C)C)nc(N3CCOCC3)n2)cc1. The first-order valence-electron chi connectivity index (χ1n) is 9.70. The molecule has 156 valence electrons. The van der Waals surface area contributed by atoms with E-state index in [0.717, 1.165) is 24.4 Å². The fourth-order valence-electron chi connectivity index (χ4n) is 2.90. The lowest BCUT2D eigenvalue weighted by Gasteiger charge is -2.27. The summed E-state index contributed by atoms with van der Waals surface area (Å²) in [5, 5.41) is 2.91. The number of aromatic nitrogens is 3. The molecule has 2 heterocycles. The van der Waals surface area contributed by atoms with Gasteiger partial charge in [0.2, 0.25) is 17.8 Å². The lowest BCUT2D eigenvalue weighted by molar-refractivity contribution is -0.121. The van der Waals surface area contributed by atoms with Gasteiger partial charge in [-0.3, -0.25) is 4.79 Å². The lowest BCUT2D eigenvalue weighted by atomic mass is 10.1. The van der Waals surface area contributed by atoms with Crippen LogP contribution in [0.5, 0.6) is 5.75 Å². The molecule has 2 aromatic rings. The largest absolute Gasteiger partial charge is 0.497 e. The maximum Gasteiger partial charge on any atom is 0.230 e. The summed E-state index contributed by atoms with van der Waals surface area (Å²) in [4.78, 5) is 29.7. The molecule has 0 unspecified atom stereocenters. The summed E-state index contributed by atoms with van der Waals surface area (Å²) in [5.41, 5.74) is 1.09. The molecule has 29 heavy (non-hydrogen) atoms. The van der Waals surface area contributed by atoms with E-state index in [4.69, 9.17) is 9.47 Å². The molecule has 0 spiro atoms. The molecule has 3 rings (SSSR count). The molecule has 1 saturated heterocycles. The molecule has 0 aliphatic carbocycles. The first-order chi connectivity index (χ1) is 14.0. The number of anilines is 2. The average molecular weight is 400 g/mol. The molecule has 1 aromatic carbocycles. The summed E-state index contributed by atoms with van der Waals surface area (Å²) in [6, 6.07) is 7.73. The second kappa shape index (κ2) is 10.0. The molecule has 1 amide bonds. The Morgan fingerprint density at radius 3 is 2.55 bits per heavy atom. The van der Waals surface area contributed by atoms with Gasteiger partial charge in [0.15, 0.2) is 5.82 Å². The summed E-state index contributed by atoms with van der Waals surface area (Å²) in [7, 11) is 5.40. The van der Waals surface area contributed by atoms with Gasteiger partial charge in [-0.15, -0.1) is 0 Å². The predicted octanol–water partition coefficient (Wildman–Crippen LogP) is 1.03. The molecule has 0 saturated carbocycles. The number of morpholine rings is 1. The number of rotatable bonds is 8. The van der Waals surface area contributed by atoms with Gasteiger partial charge in [0.05, 0.1) is 26.9 Å². The van der Waals surface area contributed by atoms with Crippen molar-refractivity contribution in [3.8, 4) is 5.75 Å². The minimum absolute atomic E-state index is 0.0412. The Kier molecular flexibility index (Phi) is 7.18. The zero-order valence-corrected chi connectivity index (χ0v) is 17.2. The second-order valence-electron chi connectivity index (χ2n) is 6.97. The Bertz CT molecular complexity index is 806. The Balaban J connectivity index is 1.58. The molecule has 0 bridgehead atoms. The third-order valence-electron chi connectivity index (χ3n) is 4.60. The van der Waals surface area contributed by atoms with Crippen LogP contribution in [0.25, 0.3) is 0 Å². The number of nitrogens with zero attached hydrogens (tertiary/aromatic N) is 5. The van der Waals surface area contributed by atoms with Crippen molar-refractivity contribution in [2.45, 2.75) is 19.4 Å². The van der Waals surface area contributed by atoms with E-state index in [1.165, 1.54) is 0 Å². The smallest absolute Gasteiger partial charge is 0.230 e. The van der Waals surface area contributed by atoms with Crippen molar-refractivity contribution in [3.05, 3.63) is 35.7 Å². The third-order valence-corrected chi connectivity index (χ3v) is 4.60. The standard InChI is InChI=1S/C20H28N6O3/c1-25(2)19-22-17(23-20(24-19)26-10-12-29-13-11-26)14-21-18(27)9-6-15-4-7-16(28-3)8-5-15/h4-5,7-8H,6,9-14H2,1-3H3,(H,21,27). The van der Waals surface area contributed by atoms with Gasteiger partial charge in [-0.25, -0.2) is 0 Å². The topological polar surface area (TPSA) is 92.7 Å².